The summed E-state index contributed by atoms with van der Waals surface area (Å²) in [6.07, 6.45) is 0. The standard InChI is InChI=1S/C42H30N4S/c1-42(2)33-21-13-12-20-31(33)32-23-24-34-38(37(32)42)47-36-25-22-29(26-35(36)46(34)30-18-10-5-11-19-30)41-44-39(27-14-6-3-7-15-27)43-40(45-41)28-16-8-4-9-17-28/h3-26H,1-2H3. The van der Waals surface area contributed by atoms with E-state index in [-0.39, 0.29) is 5.41 Å². The molecule has 0 amide bonds. The molecule has 47 heavy (non-hydrogen) atoms. The molecule has 2 heterocycles. The van der Waals surface area contributed by atoms with Gasteiger partial charge in [0.05, 0.1) is 11.4 Å². The average molecular weight is 623 g/mol. The van der Waals surface area contributed by atoms with E-state index in [4.69, 9.17) is 15.0 Å². The number of rotatable bonds is 4. The first-order valence-electron chi connectivity index (χ1n) is 15.9. The van der Waals surface area contributed by atoms with Gasteiger partial charge in [-0.05, 0) is 58.7 Å². The predicted octanol–water partition coefficient (Wildman–Crippen LogP) is 11.1. The smallest absolute Gasteiger partial charge is 0.164 e. The van der Waals surface area contributed by atoms with Crippen LogP contribution >= 0.6 is 11.8 Å². The minimum atomic E-state index is -0.114. The largest absolute Gasteiger partial charge is 0.308 e. The molecule has 0 N–H and O–H groups in total. The van der Waals surface area contributed by atoms with Gasteiger partial charge in [-0.1, -0.05) is 135 Å². The maximum atomic E-state index is 5.03. The molecule has 9 rings (SSSR count). The SMILES string of the molecule is CC1(C)c2ccccc2-c2ccc3c(c21)Sc1ccc(-c2nc(-c4ccccc4)nc(-c4ccccc4)n2)cc1N3c1ccccc1. The maximum absolute atomic E-state index is 5.03. The van der Waals surface area contributed by atoms with Crippen LogP contribution < -0.4 is 4.90 Å². The Bertz CT molecular complexity index is 2240. The normalized spacial score (nSPS) is 13.8. The van der Waals surface area contributed by atoms with Crippen molar-refractivity contribution in [1.29, 1.82) is 0 Å². The third-order valence-corrected chi connectivity index (χ3v) is 10.5. The second-order valence-electron chi connectivity index (χ2n) is 12.5. The van der Waals surface area contributed by atoms with Gasteiger partial charge in [0.1, 0.15) is 0 Å². The third kappa shape index (κ3) is 4.49. The van der Waals surface area contributed by atoms with Crippen LogP contribution in [0.25, 0.3) is 45.3 Å². The second kappa shape index (κ2) is 10.8. The number of hydrogen-bond acceptors (Lipinski definition) is 5. The summed E-state index contributed by atoms with van der Waals surface area (Å²) in [7, 11) is 0. The molecule has 0 radical (unpaired) electrons. The number of nitrogens with zero attached hydrogens (tertiary/aromatic N) is 4. The lowest BCUT2D eigenvalue weighted by molar-refractivity contribution is 0.647. The van der Waals surface area contributed by atoms with Crippen molar-refractivity contribution in [2.24, 2.45) is 0 Å². The van der Waals surface area contributed by atoms with Gasteiger partial charge in [-0.25, -0.2) is 15.0 Å². The van der Waals surface area contributed by atoms with Gasteiger partial charge < -0.3 is 4.90 Å². The first-order valence-corrected chi connectivity index (χ1v) is 16.7. The van der Waals surface area contributed by atoms with Gasteiger partial charge in [-0.15, -0.1) is 0 Å². The highest BCUT2D eigenvalue weighted by Crippen LogP contribution is 2.60. The topological polar surface area (TPSA) is 41.9 Å². The molecule has 1 aliphatic carbocycles. The van der Waals surface area contributed by atoms with Crippen molar-refractivity contribution in [2.45, 2.75) is 29.1 Å². The minimum absolute atomic E-state index is 0.114. The Morgan fingerprint density at radius 2 is 1.09 bits per heavy atom. The summed E-state index contributed by atoms with van der Waals surface area (Å²) in [5.41, 5.74) is 11.6. The lowest BCUT2D eigenvalue weighted by Gasteiger charge is -2.36. The Morgan fingerprint density at radius 3 is 1.74 bits per heavy atom. The number of benzene rings is 6. The summed E-state index contributed by atoms with van der Waals surface area (Å²) < 4.78 is 0. The molecule has 0 atom stereocenters. The van der Waals surface area contributed by atoms with E-state index in [0.29, 0.717) is 17.5 Å². The lowest BCUT2D eigenvalue weighted by atomic mass is 9.82. The summed E-state index contributed by atoms with van der Waals surface area (Å²) in [6, 6.07) is 51.0. The van der Waals surface area contributed by atoms with Gasteiger partial charge in [0.2, 0.25) is 0 Å². The molecular weight excluding hydrogens is 593 g/mol. The molecule has 5 heteroatoms. The maximum Gasteiger partial charge on any atom is 0.164 e. The summed E-state index contributed by atoms with van der Waals surface area (Å²) >= 11 is 1.87. The van der Waals surface area contributed by atoms with Gasteiger partial charge in [-0.3, -0.25) is 0 Å². The fourth-order valence-electron chi connectivity index (χ4n) is 7.04. The van der Waals surface area contributed by atoms with Crippen molar-refractivity contribution in [2.75, 3.05) is 4.90 Å². The molecule has 2 aliphatic rings. The van der Waals surface area contributed by atoms with E-state index in [1.165, 1.54) is 37.7 Å². The van der Waals surface area contributed by atoms with E-state index in [9.17, 15) is 0 Å². The molecule has 0 bridgehead atoms. The monoisotopic (exact) mass is 622 g/mol. The van der Waals surface area contributed by atoms with Crippen LogP contribution in [0, 0.1) is 0 Å². The van der Waals surface area contributed by atoms with E-state index in [0.717, 1.165) is 28.1 Å². The van der Waals surface area contributed by atoms with Crippen LogP contribution in [0.4, 0.5) is 17.1 Å². The fourth-order valence-corrected chi connectivity index (χ4v) is 8.39. The van der Waals surface area contributed by atoms with E-state index in [2.05, 4.69) is 104 Å². The average Bonchev–Trinajstić information content (AvgIpc) is 3.37. The van der Waals surface area contributed by atoms with E-state index < -0.39 is 0 Å². The molecule has 0 unspecified atom stereocenters. The zero-order valence-electron chi connectivity index (χ0n) is 26.1. The van der Waals surface area contributed by atoms with Crippen molar-refractivity contribution in [3.8, 4) is 45.3 Å². The van der Waals surface area contributed by atoms with Crippen LogP contribution in [-0.4, -0.2) is 15.0 Å². The molecule has 7 aromatic rings. The van der Waals surface area contributed by atoms with Crippen LogP contribution in [-0.2, 0) is 5.41 Å². The first kappa shape index (κ1) is 27.8. The molecule has 0 spiro atoms. The zero-order chi connectivity index (χ0) is 31.5. The Morgan fingerprint density at radius 1 is 0.511 bits per heavy atom. The second-order valence-corrected chi connectivity index (χ2v) is 13.6. The highest BCUT2D eigenvalue weighted by Gasteiger charge is 2.40. The Balaban J connectivity index is 1.23. The lowest BCUT2D eigenvalue weighted by Crippen LogP contribution is -2.20. The highest BCUT2D eigenvalue weighted by atomic mass is 32.2. The van der Waals surface area contributed by atoms with Gasteiger partial charge in [0.15, 0.2) is 17.5 Å². The van der Waals surface area contributed by atoms with Crippen molar-refractivity contribution >= 4 is 28.8 Å². The van der Waals surface area contributed by atoms with Crippen LogP contribution in [0.1, 0.15) is 25.0 Å². The zero-order valence-corrected chi connectivity index (χ0v) is 26.9. The van der Waals surface area contributed by atoms with E-state index in [1.54, 1.807) is 0 Å². The van der Waals surface area contributed by atoms with Crippen molar-refractivity contribution < 1.29 is 0 Å². The predicted molar refractivity (Wildman–Crippen MR) is 193 cm³/mol. The summed E-state index contributed by atoms with van der Waals surface area (Å²) in [5, 5.41) is 0. The molecule has 224 valence electrons. The van der Waals surface area contributed by atoms with Gasteiger partial charge in [0.25, 0.3) is 0 Å². The number of aromatic nitrogens is 3. The molecule has 0 fully saturated rings. The molecule has 0 saturated carbocycles. The van der Waals surface area contributed by atoms with Crippen LogP contribution in [0.3, 0.4) is 0 Å². The Labute approximate surface area is 278 Å². The van der Waals surface area contributed by atoms with Gasteiger partial charge in [0, 0.05) is 37.6 Å². The van der Waals surface area contributed by atoms with Gasteiger partial charge in [-0.2, -0.15) is 0 Å². The molecule has 0 saturated heterocycles. The third-order valence-electron chi connectivity index (χ3n) is 9.28. The quantitative estimate of drug-likeness (QED) is 0.195. The summed E-state index contributed by atoms with van der Waals surface area (Å²) in [4.78, 5) is 19.9. The minimum Gasteiger partial charge on any atom is -0.308 e. The summed E-state index contributed by atoms with van der Waals surface area (Å²) in [5.74, 6) is 1.96. The van der Waals surface area contributed by atoms with Crippen LogP contribution in [0.15, 0.2) is 155 Å². The molecule has 1 aromatic heterocycles. The molecule has 1 aliphatic heterocycles. The van der Waals surface area contributed by atoms with Crippen molar-refractivity contribution in [3.63, 3.8) is 0 Å². The number of hydrogen-bond donors (Lipinski definition) is 0. The number of para-hydroxylation sites is 1. The highest BCUT2D eigenvalue weighted by molar-refractivity contribution is 7.99. The Kier molecular flexibility index (Phi) is 6.37. The van der Waals surface area contributed by atoms with Crippen LogP contribution in [0.2, 0.25) is 0 Å². The molecule has 6 aromatic carbocycles. The number of anilines is 3. The van der Waals surface area contributed by atoms with Crippen molar-refractivity contribution in [1.82, 2.24) is 15.0 Å². The van der Waals surface area contributed by atoms with E-state index in [1.807, 2.05) is 72.4 Å². The Hall–Kier alpha value is -5.52. The first-order chi connectivity index (χ1) is 23.1. The van der Waals surface area contributed by atoms with E-state index >= 15 is 0 Å². The summed E-state index contributed by atoms with van der Waals surface area (Å²) in [6.45, 7) is 4.72. The number of fused-ring (bicyclic) bond motifs is 6. The van der Waals surface area contributed by atoms with Gasteiger partial charge >= 0.3 is 0 Å². The fraction of sp³-hybridized carbons (Fsp3) is 0.0714. The van der Waals surface area contributed by atoms with Crippen molar-refractivity contribution in [3.05, 3.63) is 157 Å². The van der Waals surface area contributed by atoms with Crippen LogP contribution in [0.5, 0.6) is 0 Å². The molecule has 4 nitrogen and oxygen atoms in total. The molecular formula is C42H30N4S.